The average Bonchev–Trinajstić information content (AvgIpc) is 2.13. The van der Waals surface area contributed by atoms with Gasteiger partial charge in [-0.3, -0.25) is 4.79 Å². The molecule has 0 aromatic heterocycles. The van der Waals surface area contributed by atoms with Crippen LogP contribution in [-0.2, 0) is 16.4 Å². The first-order valence-corrected chi connectivity index (χ1v) is 5.13. The van der Waals surface area contributed by atoms with Crippen molar-refractivity contribution in [3.05, 3.63) is 35.1 Å². The van der Waals surface area contributed by atoms with Crippen molar-refractivity contribution in [3.8, 4) is 0 Å². The number of benzene rings is 1. The van der Waals surface area contributed by atoms with Gasteiger partial charge in [0.15, 0.2) is 0 Å². The first-order valence-electron chi connectivity index (χ1n) is 5.13. The molecule has 0 fully saturated rings. The molecule has 100 valence electrons. The first kappa shape index (κ1) is 14.5. The van der Waals surface area contributed by atoms with Crippen LogP contribution in [0.25, 0.3) is 0 Å². The first-order chi connectivity index (χ1) is 8.05. The lowest BCUT2D eigenvalue weighted by atomic mass is 9.79. The summed E-state index contributed by atoms with van der Waals surface area (Å²) in [5, 5.41) is 8.70. The zero-order valence-electron chi connectivity index (χ0n) is 9.81. The summed E-state index contributed by atoms with van der Waals surface area (Å²) in [5.41, 5.74) is -3.05. The Kier molecular flexibility index (Phi) is 3.69. The van der Waals surface area contributed by atoms with E-state index in [1.807, 2.05) is 0 Å². The van der Waals surface area contributed by atoms with Gasteiger partial charge < -0.3 is 5.11 Å². The molecule has 0 saturated heterocycles. The summed E-state index contributed by atoms with van der Waals surface area (Å²) in [7, 11) is 0. The Hall–Kier alpha value is -1.59. The summed E-state index contributed by atoms with van der Waals surface area (Å²) in [5.74, 6) is -2.63. The Balaban J connectivity index is 3.41. The van der Waals surface area contributed by atoms with Gasteiger partial charge in [0, 0.05) is 5.41 Å². The van der Waals surface area contributed by atoms with Crippen molar-refractivity contribution in [2.24, 2.45) is 0 Å². The second-order valence-electron chi connectivity index (χ2n) is 4.61. The normalized spacial score (nSPS) is 12.6. The highest BCUT2D eigenvalue weighted by Crippen LogP contribution is 2.40. The molecule has 1 rings (SSSR count). The van der Waals surface area contributed by atoms with Crippen LogP contribution in [0.1, 0.15) is 31.4 Å². The van der Waals surface area contributed by atoms with Crippen LogP contribution in [0.3, 0.4) is 0 Å². The highest BCUT2D eigenvalue weighted by molar-refractivity contribution is 5.69. The van der Waals surface area contributed by atoms with Crippen molar-refractivity contribution in [2.75, 3.05) is 0 Å². The van der Waals surface area contributed by atoms with Gasteiger partial charge in [-0.2, -0.15) is 13.2 Å². The van der Waals surface area contributed by atoms with Gasteiger partial charge in [0.25, 0.3) is 0 Å². The Labute approximate surface area is 101 Å². The predicted molar refractivity (Wildman–Crippen MR) is 56.7 cm³/mol. The number of hydrogen-bond acceptors (Lipinski definition) is 1. The molecule has 0 aliphatic heterocycles. The number of carboxylic acid groups (broad SMARTS) is 1. The summed E-state index contributed by atoms with van der Waals surface area (Å²) in [4.78, 5) is 10.7. The second-order valence-corrected chi connectivity index (χ2v) is 4.61. The van der Waals surface area contributed by atoms with E-state index >= 15 is 0 Å². The van der Waals surface area contributed by atoms with Crippen LogP contribution in [-0.4, -0.2) is 11.1 Å². The summed E-state index contributed by atoms with van der Waals surface area (Å²) in [6.45, 7) is 2.68. The maximum absolute atomic E-state index is 13.3. The molecule has 0 bridgehead atoms. The molecule has 0 heterocycles. The van der Waals surface area contributed by atoms with Gasteiger partial charge >= 0.3 is 12.1 Å². The molecule has 0 radical (unpaired) electrons. The van der Waals surface area contributed by atoms with Crippen molar-refractivity contribution in [1.29, 1.82) is 0 Å². The highest BCUT2D eigenvalue weighted by Gasteiger charge is 2.41. The third-order valence-electron chi connectivity index (χ3n) is 2.62. The molecule has 0 aliphatic rings. The van der Waals surface area contributed by atoms with Gasteiger partial charge in [-0.05, 0) is 11.6 Å². The quantitative estimate of drug-likeness (QED) is 0.847. The molecule has 1 aromatic rings. The molecule has 18 heavy (non-hydrogen) atoms. The Morgan fingerprint density at radius 1 is 1.28 bits per heavy atom. The third-order valence-corrected chi connectivity index (χ3v) is 2.62. The maximum atomic E-state index is 13.3. The lowest BCUT2D eigenvalue weighted by Crippen LogP contribution is -2.26. The Morgan fingerprint density at radius 3 is 2.28 bits per heavy atom. The lowest BCUT2D eigenvalue weighted by Gasteiger charge is -2.27. The molecule has 6 heteroatoms. The largest absolute Gasteiger partial charge is 0.481 e. The fourth-order valence-corrected chi connectivity index (χ4v) is 1.85. The summed E-state index contributed by atoms with van der Waals surface area (Å²) in [6, 6.07) is 2.96. The topological polar surface area (TPSA) is 37.3 Å². The SMILES string of the molecule is CC(C)(CC(=O)O)c1cccc(F)c1C(F)(F)F. The van der Waals surface area contributed by atoms with Crippen molar-refractivity contribution < 1.29 is 27.5 Å². The second kappa shape index (κ2) is 4.59. The molecular formula is C12H12F4O2. The minimum Gasteiger partial charge on any atom is -0.481 e. The van der Waals surface area contributed by atoms with E-state index < -0.39 is 35.4 Å². The minimum absolute atomic E-state index is 0.350. The van der Waals surface area contributed by atoms with Crippen molar-refractivity contribution >= 4 is 5.97 Å². The van der Waals surface area contributed by atoms with Gasteiger partial charge in [-0.1, -0.05) is 26.0 Å². The Bertz CT molecular complexity index is 464. The number of carbonyl (C=O) groups is 1. The standard InChI is InChI=1S/C12H12F4O2/c1-11(2,6-9(17)18)7-4-3-5-8(13)10(7)12(14,15)16/h3-5H,6H2,1-2H3,(H,17,18). The molecule has 0 unspecified atom stereocenters. The smallest absolute Gasteiger partial charge is 0.419 e. The number of halogens is 4. The molecule has 0 amide bonds. The molecule has 0 spiro atoms. The van der Waals surface area contributed by atoms with Gasteiger partial charge in [0.1, 0.15) is 5.82 Å². The van der Waals surface area contributed by atoms with E-state index in [0.29, 0.717) is 6.07 Å². The van der Waals surface area contributed by atoms with E-state index in [4.69, 9.17) is 5.11 Å². The zero-order chi connectivity index (χ0) is 14.1. The summed E-state index contributed by atoms with van der Waals surface area (Å²) >= 11 is 0. The van der Waals surface area contributed by atoms with Crippen LogP contribution >= 0.6 is 0 Å². The van der Waals surface area contributed by atoms with Crippen LogP contribution in [0.5, 0.6) is 0 Å². The Morgan fingerprint density at radius 2 is 1.83 bits per heavy atom. The molecule has 0 atom stereocenters. The van der Waals surface area contributed by atoms with Crippen LogP contribution in [0.4, 0.5) is 17.6 Å². The molecule has 0 saturated carbocycles. The molecule has 1 N–H and O–H groups in total. The van der Waals surface area contributed by atoms with E-state index in [-0.39, 0.29) is 5.56 Å². The van der Waals surface area contributed by atoms with E-state index in [1.165, 1.54) is 13.8 Å². The van der Waals surface area contributed by atoms with Gasteiger partial charge in [0.05, 0.1) is 12.0 Å². The van der Waals surface area contributed by atoms with E-state index in [1.54, 1.807) is 0 Å². The monoisotopic (exact) mass is 264 g/mol. The van der Waals surface area contributed by atoms with Crippen LogP contribution in [0, 0.1) is 5.82 Å². The molecule has 0 aliphatic carbocycles. The average molecular weight is 264 g/mol. The number of hydrogen-bond donors (Lipinski definition) is 1. The van der Waals surface area contributed by atoms with Gasteiger partial charge in [0.2, 0.25) is 0 Å². The van der Waals surface area contributed by atoms with Crippen LogP contribution in [0.2, 0.25) is 0 Å². The fraction of sp³-hybridized carbons (Fsp3) is 0.417. The summed E-state index contributed by atoms with van der Waals surface area (Å²) < 4.78 is 51.7. The van der Waals surface area contributed by atoms with Gasteiger partial charge in [-0.25, -0.2) is 4.39 Å². The molecule has 1 aromatic carbocycles. The zero-order valence-corrected chi connectivity index (χ0v) is 9.81. The van der Waals surface area contributed by atoms with Crippen molar-refractivity contribution in [2.45, 2.75) is 31.9 Å². The number of carboxylic acids is 1. The lowest BCUT2D eigenvalue weighted by molar-refractivity contribution is -0.143. The third kappa shape index (κ3) is 3.00. The van der Waals surface area contributed by atoms with Crippen molar-refractivity contribution in [3.63, 3.8) is 0 Å². The molecule has 2 nitrogen and oxygen atoms in total. The number of alkyl halides is 3. The highest BCUT2D eigenvalue weighted by atomic mass is 19.4. The van der Waals surface area contributed by atoms with E-state index in [0.717, 1.165) is 12.1 Å². The predicted octanol–water partition coefficient (Wildman–Crippen LogP) is 3.60. The van der Waals surface area contributed by atoms with E-state index in [9.17, 15) is 22.4 Å². The maximum Gasteiger partial charge on any atom is 0.419 e. The van der Waals surface area contributed by atoms with Crippen LogP contribution < -0.4 is 0 Å². The van der Waals surface area contributed by atoms with Crippen molar-refractivity contribution in [1.82, 2.24) is 0 Å². The fourth-order valence-electron chi connectivity index (χ4n) is 1.85. The number of rotatable bonds is 3. The van der Waals surface area contributed by atoms with E-state index in [2.05, 4.69) is 0 Å². The molecular weight excluding hydrogens is 252 g/mol. The summed E-state index contributed by atoms with van der Waals surface area (Å²) in [6.07, 6.45) is -5.37. The minimum atomic E-state index is -4.85. The van der Waals surface area contributed by atoms with Gasteiger partial charge in [-0.15, -0.1) is 0 Å². The van der Waals surface area contributed by atoms with Crippen LogP contribution in [0.15, 0.2) is 18.2 Å². The number of aliphatic carboxylic acids is 1.